The molecule has 0 aromatic heterocycles. The summed E-state index contributed by atoms with van der Waals surface area (Å²) in [4.78, 5) is 11.7. The fraction of sp³-hybridized carbons (Fsp3) is 0. The van der Waals surface area contributed by atoms with Gasteiger partial charge in [-0.3, -0.25) is 4.79 Å². The van der Waals surface area contributed by atoms with E-state index in [4.69, 9.17) is 0 Å². The zero-order chi connectivity index (χ0) is 7.68. The van der Waals surface area contributed by atoms with Gasteiger partial charge in [0.15, 0.2) is 6.29 Å². The topological polar surface area (TPSA) is 17.1 Å². The van der Waals surface area contributed by atoms with Gasteiger partial charge in [-0.2, -0.15) is 0 Å². The van der Waals surface area contributed by atoms with Crippen LogP contribution in [0.2, 0.25) is 0 Å². The van der Waals surface area contributed by atoms with Crippen molar-refractivity contribution in [1.29, 1.82) is 0 Å². The van der Waals surface area contributed by atoms with E-state index in [2.05, 4.69) is 0 Å². The van der Waals surface area contributed by atoms with Gasteiger partial charge in [-0.15, -0.1) is 11.3 Å². The second-order valence-corrected chi connectivity index (χ2v) is 3.25. The first-order valence-corrected chi connectivity index (χ1v) is 4.21. The molecule has 0 atom stereocenters. The van der Waals surface area contributed by atoms with Crippen molar-refractivity contribution < 1.29 is 4.79 Å². The van der Waals surface area contributed by atoms with Gasteiger partial charge in [0.2, 0.25) is 0 Å². The summed E-state index contributed by atoms with van der Waals surface area (Å²) in [5.74, 6) is 0. The molecule has 2 aliphatic rings. The lowest BCUT2D eigenvalue weighted by Crippen LogP contribution is -1.76. The minimum absolute atomic E-state index is 0.789. The highest BCUT2D eigenvalue weighted by molar-refractivity contribution is 7.13. The molecule has 0 aromatic carbocycles. The first kappa shape index (κ1) is 6.55. The average Bonchev–Trinajstić information content (AvgIpc) is 2.47. The van der Waals surface area contributed by atoms with Gasteiger partial charge < -0.3 is 0 Å². The molecule has 0 amide bonds. The third-order valence-electron chi connectivity index (χ3n) is 1.65. The normalized spacial score (nSPS) is 10.2. The minimum Gasteiger partial charge on any atom is -0.298 e. The molecule has 0 unspecified atom stereocenters. The van der Waals surface area contributed by atoms with E-state index >= 15 is 0 Å². The molecular weight excluding hydrogens is 156 g/mol. The Balaban J connectivity index is 2.73. The maximum atomic E-state index is 10.5. The summed E-state index contributed by atoms with van der Waals surface area (Å²) in [5, 5.41) is 2.01. The molecule has 0 saturated carbocycles. The van der Waals surface area contributed by atoms with Crippen LogP contribution >= 0.6 is 11.3 Å². The number of carbonyl (C=O) groups excluding carboxylic acids is 1. The molecule has 0 saturated heterocycles. The maximum Gasteiger partial charge on any atom is 0.150 e. The number of hydrogen-bond donors (Lipinski definition) is 0. The summed E-state index contributed by atoms with van der Waals surface area (Å²) >= 11 is 1.65. The molecule has 11 heavy (non-hydrogen) atoms. The van der Waals surface area contributed by atoms with Crippen LogP contribution in [-0.4, -0.2) is 6.29 Å². The summed E-state index contributed by atoms with van der Waals surface area (Å²) in [5.41, 5.74) is 1.85. The van der Waals surface area contributed by atoms with Gasteiger partial charge in [0.1, 0.15) is 0 Å². The van der Waals surface area contributed by atoms with E-state index in [1.807, 2.05) is 29.6 Å². The standard InChI is InChI=1S/C9H6OS/c10-6-7-3-4-9-8(7)2-1-5-11-9/h1-6H. The van der Waals surface area contributed by atoms with Crippen molar-refractivity contribution in [3.63, 3.8) is 0 Å². The number of carbonyl (C=O) groups is 1. The minimum atomic E-state index is 0.789. The maximum absolute atomic E-state index is 10.5. The van der Waals surface area contributed by atoms with E-state index in [0.29, 0.717) is 0 Å². The van der Waals surface area contributed by atoms with Crippen molar-refractivity contribution in [2.75, 3.05) is 0 Å². The van der Waals surface area contributed by atoms with Crippen LogP contribution in [0.3, 0.4) is 0 Å². The smallest absolute Gasteiger partial charge is 0.150 e. The molecule has 0 fully saturated rings. The zero-order valence-electron chi connectivity index (χ0n) is 5.78. The highest BCUT2D eigenvalue weighted by Gasteiger charge is 2.06. The van der Waals surface area contributed by atoms with Crippen LogP contribution in [0.15, 0.2) is 29.6 Å². The van der Waals surface area contributed by atoms with E-state index in [9.17, 15) is 4.79 Å². The molecule has 0 aromatic rings. The van der Waals surface area contributed by atoms with Gasteiger partial charge in [0, 0.05) is 16.0 Å². The number of rotatable bonds is 1. The van der Waals surface area contributed by atoms with E-state index in [1.165, 1.54) is 4.88 Å². The van der Waals surface area contributed by atoms with E-state index in [0.717, 1.165) is 17.4 Å². The van der Waals surface area contributed by atoms with Crippen LogP contribution in [0.4, 0.5) is 0 Å². The Kier molecular flexibility index (Phi) is 1.47. The molecule has 0 bridgehead atoms. The summed E-state index contributed by atoms with van der Waals surface area (Å²) < 4.78 is 0. The van der Waals surface area contributed by atoms with Crippen molar-refractivity contribution in [1.82, 2.24) is 0 Å². The fourth-order valence-electron chi connectivity index (χ4n) is 1.12. The Hall–Kier alpha value is -1.15. The molecule has 1 heterocycles. The largest absolute Gasteiger partial charge is 0.298 e. The Labute approximate surface area is 68.6 Å². The lowest BCUT2D eigenvalue weighted by molar-refractivity contribution is 0.112. The van der Waals surface area contributed by atoms with Gasteiger partial charge in [0.05, 0.1) is 0 Å². The van der Waals surface area contributed by atoms with Crippen LogP contribution in [0.25, 0.3) is 10.4 Å². The lowest BCUT2D eigenvalue weighted by Gasteiger charge is -1.94. The van der Waals surface area contributed by atoms with Crippen molar-refractivity contribution in [3.05, 3.63) is 35.2 Å². The molecule has 2 heteroatoms. The molecule has 2 rings (SSSR count). The van der Waals surface area contributed by atoms with Crippen molar-refractivity contribution in [2.24, 2.45) is 0 Å². The lowest BCUT2D eigenvalue weighted by atomic mass is 10.2. The summed E-state index contributed by atoms with van der Waals surface area (Å²) in [6.07, 6.45) is 0.898. The number of hydrogen-bond acceptors (Lipinski definition) is 2. The molecule has 0 radical (unpaired) electrons. The molecule has 0 spiro atoms. The first-order chi connectivity index (χ1) is 5.42. The Bertz CT molecular complexity index is 351. The summed E-state index contributed by atoms with van der Waals surface area (Å²) in [6.45, 7) is 0. The summed E-state index contributed by atoms with van der Waals surface area (Å²) in [6, 6.07) is 7.76. The summed E-state index contributed by atoms with van der Waals surface area (Å²) in [7, 11) is 0. The van der Waals surface area contributed by atoms with Crippen molar-refractivity contribution in [3.8, 4) is 10.4 Å². The molecule has 1 aliphatic heterocycles. The Morgan fingerprint density at radius 2 is 2.18 bits per heavy atom. The van der Waals surface area contributed by atoms with Gasteiger partial charge in [-0.05, 0) is 17.5 Å². The third-order valence-corrected chi connectivity index (χ3v) is 2.56. The second-order valence-electron chi connectivity index (χ2n) is 2.30. The second kappa shape index (κ2) is 2.47. The van der Waals surface area contributed by atoms with Crippen LogP contribution < -0.4 is 0 Å². The van der Waals surface area contributed by atoms with Gasteiger partial charge in [-0.25, -0.2) is 0 Å². The van der Waals surface area contributed by atoms with Crippen molar-refractivity contribution >= 4 is 17.6 Å². The van der Waals surface area contributed by atoms with Crippen LogP contribution in [0.5, 0.6) is 0 Å². The Morgan fingerprint density at radius 3 is 3.00 bits per heavy atom. The monoisotopic (exact) mass is 162 g/mol. The van der Waals surface area contributed by atoms with E-state index in [-0.39, 0.29) is 0 Å². The highest BCUT2D eigenvalue weighted by atomic mass is 32.1. The quantitative estimate of drug-likeness (QED) is 0.589. The Morgan fingerprint density at radius 1 is 1.27 bits per heavy atom. The molecule has 1 aliphatic carbocycles. The fourth-order valence-corrected chi connectivity index (χ4v) is 1.88. The predicted octanol–water partition coefficient (Wildman–Crippen LogP) is 2.67. The van der Waals surface area contributed by atoms with Crippen LogP contribution in [0.1, 0.15) is 10.4 Å². The number of fused-ring (bicyclic) bond motifs is 1. The molecule has 54 valence electrons. The van der Waals surface area contributed by atoms with Crippen LogP contribution in [0, 0.1) is 0 Å². The zero-order valence-corrected chi connectivity index (χ0v) is 6.60. The highest BCUT2D eigenvalue weighted by Crippen LogP contribution is 2.29. The SMILES string of the molecule is O=Cc1ccc2scccc1-2. The van der Waals surface area contributed by atoms with Crippen LogP contribution in [-0.2, 0) is 0 Å². The van der Waals surface area contributed by atoms with Crippen molar-refractivity contribution in [2.45, 2.75) is 0 Å². The third kappa shape index (κ3) is 0.955. The van der Waals surface area contributed by atoms with E-state index in [1.54, 1.807) is 11.3 Å². The first-order valence-electron chi connectivity index (χ1n) is 3.33. The molecule has 1 nitrogen and oxygen atoms in total. The molecule has 0 N–H and O–H groups in total. The average molecular weight is 162 g/mol. The number of aldehydes is 1. The van der Waals surface area contributed by atoms with Gasteiger partial charge in [0.25, 0.3) is 0 Å². The van der Waals surface area contributed by atoms with Gasteiger partial charge in [-0.1, -0.05) is 12.1 Å². The van der Waals surface area contributed by atoms with E-state index < -0.39 is 0 Å². The van der Waals surface area contributed by atoms with Gasteiger partial charge >= 0.3 is 0 Å². The molecular formula is C9H6OS. The predicted molar refractivity (Wildman–Crippen MR) is 46.3 cm³/mol.